The predicted octanol–water partition coefficient (Wildman–Crippen LogP) is 1.03. The van der Waals surface area contributed by atoms with Crippen LogP contribution in [0.25, 0.3) is 6.08 Å². The van der Waals surface area contributed by atoms with Crippen molar-refractivity contribution in [2.24, 2.45) is 0 Å². The lowest BCUT2D eigenvalue weighted by Gasteiger charge is -1.88. The van der Waals surface area contributed by atoms with Gasteiger partial charge in [-0.15, -0.1) is 0 Å². The molecule has 2 N–H and O–H groups in total. The summed E-state index contributed by atoms with van der Waals surface area (Å²) in [6, 6.07) is 1.91. The molecule has 5 nitrogen and oxygen atoms in total. The molecule has 66 valence electrons. The van der Waals surface area contributed by atoms with Gasteiger partial charge >= 0.3 is 5.97 Å². The van der Waals surface area contributed by atoms with Crippen molar-refractivity contribution in [2.75, 3.05) is 0 Å². The molecule has 0 radical (unpaired) electrons. The average Bonchev–Trinajstić information content (AvgIpc) is 2.53. The standard InChI is InChI=1S/C8H7N3O2/c9-4-2-1-3-6-5-10-11-7(6)8(12)13/h1,3,5H,2H2,(H,10,11)(H,12,13). The molecule has 1 aromatic heterocycles. The summed E-state index contributed by atoms with van der Waals surface area (Å²) in [7, 11) is 0. The molecule has 0 aliphatic rings. The van der Waals surface area contributed by atoms with E-state index in [1.54, 1.807) is 12.2 Å². The molecule has 0 fully saturated rings. The summed E-state index contributed by atoms with van der Waals surface area (Å²) < 4.78 is 0. The van der Waals surface area contributed by atoms with E-state index >= 15 is 0 Å². The maximum absolute atomic E-state index is 10.5. The van der Waals surface area contributed by atoms with Crippen LogP contribution < -0.4 is 0 Å². The summed E-state index contributed by atoms with van der Waals surface area (Å²) in [6.07, 6.45) is 4.79. The number of hydrogen-bond acceptors (Lipinski definition) is 3. The maximum atomic E-state index is 10.5. The summed E-state index contributed by atoms with van der Waals surface area (Å²) in [5.74, 6) is -1.06. The first-order chi connectivity index (χ1) is 6.25. The summed E-state index contributed by atoms with van der Waals surface area (Å²) in [5.41, 5.74) is 0.511. The molecule has 0 bridgehead atoms. The van der Waals surface area contributed by atoms with E-state index in [1.165, 1.54) is 6.20 Å². The van der Waals surface area contributed by atoms with E-state index in [0.29, 0.717) is 5.56 Å². The third-order valence-corrected chi connectivity index (χ3v) is 1.39. The van der Waals surface area contributed by atoms with E-state index in [9.17, 15) is 4.79 Å². The Morgan fingerprint density at radius 1 is 1.85 bits per heavy atom. The number of carbonyl (C=O) groups is 1. The van der Waals surface area contributed by atoms with E-state index in [-0.39, 0.29) is 12.1 Å². The summed E-state index contributed by atoms with van der Waals surface area (Å²) in [6.45, 7) is 0. The summed E-state index contributed by atoms with van der Waals surface area (Å²) in [4.78, 5) is 10.5. The first kappa shape index (κ1) is 9.00. The second kappa shape index (κ2) is 4.07. The first-order valence-corrected chi connectivity index (χ1v) is 3.56. The number of allylic oxidation sites excluding steroid dienone is 1. The van der Waals surface area contributed by atoms with Gasteiger partial charge in [-0.2, -0.15) is 10.4 Å². The van der Waals surface area contributed by atoms with Gasteiger partial charge in [0, 0.05) is 5.56 Å². The van der Waals surface area contributed by atoms with Crippen LogP contribution in [0.4, 0.5) is 0 Å². The molecule has 1 rings (SSSR count). The van der Waals surface area contributed by atoms with E-state index in [2.05, 4.69) is 10.2 Å². The number of aromatic carboxylic acids is 1. The van der Waals surface area contributed by atoms with Gasteiger partial charge in [-0.3, -0.25) is 5.10 Å². The van der Waals surface area contributed by atoms with Gasteiger partial charge < -0.3 is 5.11 Å². The largest absolute Gasteiger partial charge is 0.477 e. The normalized spacial score (nSPS) is 10.1. The molecule has 0 saturated carbocycles. The SMILES string of the molecule is N#CCC=Cc1cn[nH]c1C(=O)O. The zero-order chi connectivity index (χ0) is 9.68. The molecule has 0 unspecified atom stereocenters. The third-order valence-electron chi connectivity index (χ3n) is 1.39. The van der Waals surface area contributed by atoms with E-state index in [1.807, 2.05) is 6.07 Å². The van der Waals surface area contributed by atoms with Crippen molar-refractivity contribution in [2.45, 2.75) is 6.42 Å². The number of nitriles is 1. The lowest BCUT2D eigenvalue weighted by atomic mass is 10.2. The Balaban J connectivity index is 2.83. The number of carboxylic acid groups (broad SMARTS) is 1. The van der Waals surface area contributed by atoms with Crippen molar-refractivity contribution in [3.63, 3.8) is 0 Å². The lowest BCUT2D eigenvalue weighted by molar-refractivity contribution is 0.0690. The molecule has 0 aliphatic carbocycles. The fourth-order valence-electron chi connectivity index (χ4n) is 0.832. The highest BCUT2D eigenvalue weighted by Crippen LogP contribution is 2.06. The minimum Gasteiger partial charge on any atom is -0.477 e. The second-order valence-corrected chi connectivity index (χ2v) is 2.27. The van der Waals surface area contributed by atoms with Gasteiger partial charge in [-0.05, 0) is 0 Å². The number of carboxylic acids is 1. The van der Waals surface area contributed by atoms with E-state index in [0.717, 1.165) is 0 Å². The fraction of sp³-hybridized carbons (Fsp3) is 0.125. The minimum absolute atomic E-state index is 0.0363. The first-order valence-electron chi connectivity index (χ1n) is 3.56. The van der Waals surface area contributed by atoms with Crippen LogP contribution >= 0.6 is 0 Å². The van der Waals surface area contributed by atoms with E-state index < -0.39 is 5.97 Å². The van der Waals surface area contributed by atoms with Crippen molar-refractivity contribution < 1.29 is 9.90 Å². The molecular formula is C8H7N3O2. The topological polar surface area (TPSA) is 89.8 Å². The molecule has 0 saturated heterocycles. The Morgan fingerprint density at radius 2 is 2.62 bits per heavy atom. The Kier molecular flexibility index (Phi) is 2.82. The minimum atomic E-state index is -1.06. The third kappa shape index (κ3) is 2.17. The van der Waals surface area contributed by atoms with Gasteiger partial charge in [0.15, 0.2) is 5.69 Å². The van der Waals surface area contributed by atoms with Gasteiger partial charge in [-0.25, -0.2) is 4.79 Å². The zero-order valence-electron chi connectivity index (χ0n) is 6.69. The van der Waals surface area contributed by atoms with Crippen LogP contribution in [0.1, 0.15) is 22.5 Å². The van der Waals surface area contributed by atoms with Crippen LogP contribution in [-0.4, -0.2) is 21.3 Å². The van der Waals surface area contributed by atoms with Crippen LogP contribution in [-0.2, 0) is 0 Å². The van der Waals surface area contributed by atoms with Crippen molar-refractivity contribution in [1.82, 2.24) is 10.2 Å². The Labute approximate surface area is 74.3 Å². The van der Waals surface area contributed by atoms with Crippen LogP contribution in [0.5, 0.6) is 0 Å². The lowest BCUT2D eigenvalue weighted by Crippen LogP contribution is -1.98. The van der Waals surface area contributed by atoms with E-state index in [4.69, 9.17) is 10.4 Å². The number of aromatic amines is 1. The number of H-pyrrole nitrogens is 1. The van der Waals surface area contributed by atoms with Gasteiger partial charge in [0.25, 0.3) is 0 Å². The quantitative estimate of drug-likeness (QED) is 0.721. The smallest absolute Gasteiger partial charge is 0.354 e. The molecule has 13 heavy (non-hydrogen) atoms. The molecule has 0 atom stereocenters. The predicted molar refractivity (Wildman–Crippen MR) is 44.8 cm³/mol. The maximum Gasteiger partial charge on any atom is 0.354 e. The number of nitrogens with one attached hydrogen (secondary N) is 1. The van der Waals surface area contributed by atoms with Crippen LogP contribution in [0.15, 0.2) is 12.3 Å². The van der Waals surface area contributed by atoms with Crippen LogP contribution in [0, 0.1) is 11.3 Å². The number of nitrogens with zero attached hydrogens (tertiary/aromatic N) is 2. The fourth-order valence-corrected chi connectivity index (χ4v) is 0.832. The molecule has 0 amide bonds. The highest BCUT2D eigenvalue weighted by Gasteiger charge is 2.08. The number of aromatic nitrogens is 2. The molecule has 1 heterocycles. The van der Waals surface area contributed by atoms with Crippen molar-refractivity contribution >= 4 is 12.0 Å². The zero-order valence-corrected chi connectivity index (χ0v) is 6.69. The van der Waals surface area contributed by atoms with Gasteiger partial charge in [0.1, 0.15) is 0 Å². The van der Waals surface area contributed by atoms with Gasteiger partial charge in [0.05, 0.1) is 18.7 Å². The highest BCUT2D eigenvalue weighted by molar-refractivity contribution is 5.89. The molecule has 0 spiro atoms. The Morgan fingerprint density at radius 3 is 3.23 bits per heavy atom. The second-order valence-electron chi connectivity index (χ2n) is 2.27. The Hall–Kier alpha value is -2.09. The monoisotopic (exact) mass is 177 g/mol. The van der Waals surface area contributed by atoms with Gasteiger partial charge in [-0.1, -0.05) is 12.2 Å². The molecule has 0 aliphatic heterocycles. The van der Waals surface area contributed by atoms with Crippen LogP contribution in [0.3, 0.4) is 0 Å². The van der Waals surface area contributed by atoms with Gasteiger partial charge in [0.2, 0.25) is 0 Å². The molecule has 0 aromatic carbocycles. The molecule has 1 aromatic rings. The van der Waals surface area contributed by atoms with Crippen LogP contribution in [0.2, 0.25) is 0 Å². The Bertz CT molecular complexity index is 373. The van der Waals surface area contributed by atoms with Crippen molar-refractivity contribution in [3.8, 4) is 6.07 Å². The summed E-state index contributed by atoms with van der Waals surface area (Å²) >= 11 is 0. The number of rotatable bonds is 3. The average molecular weight is 177 g/mol. The highest BCUT2D eigenvalue weighted by atomic mass is 16.4. The van der Waals surface area contributed by atoms with Crippen molar-refractivity contribution in [1.29, 1.82) is 5.26 Å². The number of hydrogen-bond donors (Lipinski definition) is 2. The molecule has 5 heteroatoms. The van der Waals surface area contributed by atoms with Crippen molar-refractivity contribution in [3.05, 3.63) is 23.5 Å². The molecular weight excluding hydrogens is 170 g/mol. The summed E-state index contributed by atoms with van der Waals surface area (Å²) in [5, 5.41) is 22.8.